The fraction of sp³-hybridized carbons (Fsp3) is 0.100. The van der Waals surface area contributed by atoms with Crippen LogP contribution < -0.4 is 10.9 Å². The van der Waals surface area contributed by atoms with Crippen LogP contribution in [0.3, 0.4) is 0 Å². The highest BCUT2D eigenvalue weighted by Crippen LogP contribution is 2.21. The lowest BCUT2D eigenvalue weighted by Crippen LogP contribution is -2.11. The van der Waals surface area contributed by atoms with E-state index in [1.165, 1.54) is 11.3 Å². The fourth-order valence-electron chi connectivity index (χ4n) is 2.86. The van der Waals surface area contributed by atoms with Crippen LogP contribution in [0.15, 0.2) is 53.3 Å². The second kappa shape index (κ2) is 6.77. The second-order valence-corrected chi connectivity index (χ2v) is 7.31. The lowest BCUT2D eigenvalue weighted by Gasteiger charge is -2.06. The van der Waals surface area contributed by atoms with Crippen molar-refractivity contribution in [1.82, 2.24) is 15.0 Å². The van der Waals surface area contributed by atoms with Crippen molar-refractivity contribution in [1.29, 1.82) is 0 Å². The van der Waals surface area contributed by atoms with Crippen molar-refractivity contribution in [2.75, 3.05) is 5.32 Å². The van der Waals surface area contributed by atoms with E-state index in [0.717, 1.165) is 16.3 Å². The van der Waals surface area contributed by atoms with Gasteiger partial charge in [-0.2, -0.15) is 0 Å². The van der Waals surface area contributed by atoms with Crippen molar-refractivity contribution in [2.45, 2.75) is 13.8 Å². The van der Waals surface area contributed by atoms with Crippen LogP contribution in [0.1, 0.15) is 20.4 Å². The number of amides is 1. The summed E-state index contributed by atoms with van der Waals surface area (Å²) in [7, 11) is 0. The Morgan fingerprint density at radius 2 is 1.78 bits per heavy atom. The molecule has 4 rings (SSSR count). The standard InChI is InChI=1S/C20H16N4O2S/c1-11-17(27-12(2)21-11)20(26)22-14-9-7-13(8-10-14)18-23-16-6-4-3-5-15(16)19(25)24-18/h3-10H,1-2H3,(H,22,26)(H,23,24,25). The van der Waals surface area contributed by atoms with E-state index in [-0.39, 0.29) is 11.5 Å². The fourth-order valence-corrected chi connectivity index (χ4v) is 3.68. The van der Waals surface area contributed by atoms with Gasteiger partial charge in [0, 0.05) is 11.3 Å². The Morgan fingerprint density at radius 1 is 1.04 bits per heavy atom. The van der Waals surface area contributed by atoms with Crippen LogP contribution in [0.25, 0.3) is 22.3 Å². The molecule has 2 aromatic carbocycles. The lowest BCUT2D eigenvalue weighted by molar-refractivity contribution is 0.103. The van der Waals surface area contributed by atoms with Gasteiger partial charge in [-0.05, 0) is 50.2 Å². The Hall–Kier alpha value is -3.32. The molecule has 2 N–H and O–H groups in total. The number of thiazole rings is 1. The molecule has 0 bridgehead atoms. The Labute approximate surface area is 158 Å². The number of H-pyrrole nitrogens is 1. The zero-order chi connectivity index (χ0) is 19.0. The molecule has 6 nitrogen and oxygen atoms in total. The third-order valence-electron chi connectivity index (χ3n) is 4.14. The maximum absolute atomic E-state index is 12.4. The summed E-state index contributed by atoms with van der Waals surface area (Å²) in [6.45, 7) is 3.70. The smallest absolute Gasteiger partial charge is 0.267 e. The van der Waals surface area contributed by atoms with Gasteiger partial charge in [0.05, 0.1) is 21.6 Å². The number of nitrogens with one attached hydrogen (secondary N) is 2. The molecule has 0 saturated heterocycles. The third kappa shape index (κ3) is 3.37. The van der Waals surface area contributed by atoms with Crippen LogP contribution in [0, 0.1) is 13.8 Å². The molecule has 0 atom stereocenters. The van der Waals surface area contributed by atoms with Gasteiger partial charge in [0.2, 0.25) is 0 Å². The molecule has 1 amide bonds. The summed E-state index contributed by atoms with van der Waals surface area (Å²) in [6.07, 6.45) is 0. The van der Waals surface area contributed by atoms with Crippen LogP contribution >= 0.6 is 11.3 Å². The molecular weight excluding hydrogens is 360 g/mol. The molecule has 0 radical (unpaired) electrons. The zero-order valence-corrected chi connectivity index (χ0v) is 15.6. The summed E-state index contributed by atoms with van der Waals surface area (Å²) < 4.78 is 0. The van der Waals surface area contributed by atoms with E-state index in [2.05, 4.69) is 20.3 Å². The Bertz CT molecular complexity index is 1210. The van der Waals surface area contributed by atoms with E-state index in [1.807, 2.05) is 44.2 Å². The number of anilines is 1. The number of hydrogen-bond acceptors (Lipinski definition) is 5. The maximum Gasteiger partial charge on any atom is 0.267 e. The Balaban J connectivity index is 1.60. The summed E-state index contributed by atoms with van der Waals surface area (Å²) in [5, 5.41) is 4.29. The first-order valence-corrected chi connectivity index (χ1v) is 9.18. The van der Waals surface area contributed by atoms with Crippen molar-refractivity contribution in [2.24, 2.45) is 0 Å². The quantitative estimate of drug-likeness (QED) is 0.567. The minimum atomic E-state index is -0.178. The molecule has 4 aromatic rings. The molecule has 134 valence electrons. The predicted octanol–water partition coefficient (Wildman–Crippen LogP) is 3.92. The summed E-state index contributed by atoms with van der Waals surface area (Å²) in [4.78, 5) is 36.8. The van der Waals surface area contributed by atoms with Gasteiger partial charge in [-0.15, -0.1) is 11.3 Å². The minimum absolute atomic E-state index is 0.177. The maximum atomic E-state index is 12.4. The van der Waals surface area contributed by atoms with E-state index in [9.17, 15) is 9.59 Å². The number of hydrogen-bond donors (Lipinski definition) is 2. The number of rotatable bonds is 3. The highest BCUT2D eigenvalue weighted by Gasteiger charge is 2.14. The highest BCUT2D eigenvalue weighted by molar-refractivity contribution is 7.13. The molecular formula is C20H16N4O2S. The number of para-hydroxylation sites is 1. The molecule has 0 saturated carbocycles. The van der Waals surface area contributed by atoms with E-state index in [0.29, 0.717) is 27.3 Å². The van der Waals surface area contributed by atoms with Crippen LogP contribution in [-0.2, 0) is 0 Å². The molecule has 0 aliphatic heterocycles. The molecule has 0 spiro atoms. The highest BCUT2D eigenvalue weighted by atomic mass is 32.1. The number of fused-ring (bicyclic) bond motifs is 1. The molecule has 0 unspecified atom stereocenters. The van der Waals surface area contributed by atoms with E-state index >= 15 is 0 Å². The second-order valence-electron chi connectivity index (χ2n) is 6.11. The van der Waals surface area contributed by atoms with Crippen LogP contribution in [0.4, 0.5) is 5.69 Å². The Morgan fingerprint density at radius 3 is 2.48 bits per heavy atom. The van der Waals surface area contributed by atoms with Crippen LogP contribution in [0.5, 0.6) is 0 Å². The number of aromatic nitrogens is 3. The Kier molecular flexibility index (Phi) is 4.29. The summed E-state index contributed by atoms with van der Waals surface area (Å²) in [5.41, 5.74) is 2.62. The van der Waals surface area contributed by atoms with Crippen LogP contribution in [0.2, 0.25) is 0 Å². The van der Waals surface area contributed by atoms with Gasteiger partial charge < -0.3 is 10.3 Å². The third-order valence-corrected chi connectivity index (χ3v) is 5.21. The summed E-state index contributed by atoms with van der Waals surface area (Å²) >= 11 is 1.37. The first-order chi connectivity index (χ1) is 13.0. The minimum Gasteiger partial charge on any atom is -0.321 e. The average Bonchev–Trinajstić information content (AvgIpc) is 3.00. The van der Waals surface area contributed by atoms with Gasteiger partial charge in [-0.3, -0.25) is 9.59 Å². The molecule has 7 heteroatoms. The van der Waals surface area contributed by atoms with E-state index < -0.39 is 0 Å². The van der Waals surface area contributed by atoms with Gasteiger partial charge in [0.25, 0.3) is 11.5 Å². The topological polar surface area (TPSA) is 87.7 Å². The van der Waals surface area contributed by atoms with Crippen molar-refractivity contribution in [3.05, 3.63) is 74.5 Å². The number of aromatic amines is 1. The van der Waals surface area contributed by atoms with E-state index in [4.69, 9.17) is 0 Å². The molecule has 2 heterocycles. The average molecular weight is 376 g/mol. The van der Waals surface area contributed by atoms with Gasteiger partial charge in [0.1, 0.15) is 10.7 Å². The molecule has 0 aliphatic rings. The van der Waals surface area contributed by atoms with E-state index in [1.54, 1.807) is 18.2 Å². The van der Waals surface area contributed by atoms with Gasteiger partial charge in [-0.1, -0.05) is 12.1 Å². The van der Waals surface area contributed by atoms with Gasteiger partial charge in [-0.25, -0.2) is 9.97 Å². The number of aryl methyl sites for hydroxylation is 2. The number of carbonyl (C=O) groups is 1. The summed E-state index contributed by atoms with van der Waals surface area (Å²) in [6, 6.07) is 14.4. The van der Waals surface area contributed by atoms with Crippen molar-refractivity contribution in [3.63, 3.8) is 0 Å². The van der Waals surface area contributed by atoms with Crippen molar-refractivity contribution < 1.29 is 4.79 Å². The molecule has 2 aromatic heterocycles. The van der Waals surface area contributed by atoms with Crippen molar-refractivity contribution >= 4 is 33.8 Å². The first kappa shape index (κ1) is 17.1. The number of carbonyl (C=O) groups excluding carboxylic acids is 1. The van der Waals surface area contributed by atoms with Gasteiger partial charge >= 0.3 is 0 Å². The largest absolute Gasteiger partial charge is 0.321 e. The monoisotopic (exact) mass is 376 g/mol. The number of benzene rings is 2. The summed E-state index contributed by atoms with van der Waals surface area (Å²) in [5.74, 6) is 0.314. The van der Waals surface area contributed by atoms with Crippen molar-refractivity contribution in [3.8, 4) is 11.4 Å². The molecule has 27 heavy (non-hydrogen) atoms. The van der Waals surface area contributed by atoms with Crippen LogP contribution in [-0.4, -0.2) is 20.9 Å². The predicted molar refractivity (Wildman–Crippen MR) is 107 cm³/mol. The molecule has 0 aliphatic carbocycles. The number of nitrogens with zero attached hydrogens (tertiary/aromatic N) is 2. The SMILES string of the molecule is Cc1nc(C)c(C(=O)Nc2ccc(-c3nc4ccccc4c(=O)[nH]3)cc2)s1. The van der Waals surface area contributed by atoms with Gasteiger partial charge in [0.15, 0.2) is 0 Å². The molecule has 0 fully saturated rings. The first-order valence-electron chi connectivity index (χ1n) is 8.36. The normalized spacial score (nSPS) is 10.9. The zero-order valence-electron chi connectivity index (χ0n) is 14.7. The lowest BCUT2D eigenvalue weighted by atomic mass is 10.1.